The van der Waals surface area contributed by atoms with Gasteiger partial charge in [0.05, 0.1) is 18.6 Å². The number of carbonyl (C=O) groups is 1. The van der Waals surface area contributed by atoms with Crippen LogP contribution in [0.4, 0.5) is 0 Å². The van der Waals surface area contributed by atoms with Gasteiger partial charge in [-0.1, -0.05) is 13.8 Å². The van der Waals surface area contributed by atoms with Crippen LogP contribution in [0.2, 0.25) is 0 Å². The summed E-state index contributed by atoms with van der Waals surface area (Å²) in [6.45, 7) is 4.45. The Kier molecular flexibility index (Phi) is 5.30. The van der Waals surface area contributed by atoms with Gasteiger partial charge in [-0.05, 0) is 12.3 Å². The zero-order valence-corrected chi connectivity index (χ0v) is 11.6. The predicted octanol–water partition coefficient (Wildman–Crippen LogP) is 0.513. The van der Waals surface area contributed by atoms with Gasteiger partial charge < -0.3 is 14.2 Å². The first-order valence-corrected chi connectivity index (χ1v) is 6.74. The topological polar surface area (TPSA) is 97.7 Å². The SMILES string of the molecule is CC(C)CCC(=O)O[C@H]1CO[C@H]2[C@@H]1OC[C@@H]2ON(O)O. The molecule has 0 spiro atoms. The molecule has 0 aromatic rings. The van der Waals surface area contributed by atoms with Gasteiger partial charge >= 0.3 is 5.97 Å². The molecule has 0 amide bonds. The summed E-state index contributed by atoms with van der Waals surface area (Å²) in [4.78, 5) is 16.4. The van der Waals surface area contributed by atoms with Gasteiger partial charge in [0.25, 0.3) is 0 Å². The Morgan fingerprint density at radius 1 is 1.25 bits per heavy atom. The van der Waals surface area contributed by atoms with E-state index < -0.39 is 24.4 Å². The number of ether oxygens (including phenoxy) is 3. The highest BCUT2D eigenvalue weighted by Gasteiger charge is 2.50. The summed E-state index contributed by atoms with van der Waals surface area (Å²) < 4.78 is 16.3. The van der Waals surface area contributed by atoms with Crippen molar-refractivity contribution < 1.29 is 34.3 Å². The molecule has 2 N–H and O–H groups in total. The molecule has 2 rings (SSSR count). The van der Waals surface area contributed by atoms with Gasteiger partial charge in [0.2, 0.25) is 0 Å². The summed E-state index contributed by atoms with van der Waals surface area (Å²) in [5.74, 6) is 0.169. The average molecular weight is 291 g/mol. The summed E-state index contributed by atoms with van der Waals surface area (Å²) in [5.41, 5.74) is 0. The third-order valence-corrected chi connectivity index (χ3v) is 3.40. The molecule has 8 heteroatoms. The van der Waals surface area contributed by atoms with Crippen LogP contribution >= 0.6 is 0 Å². The fourth-order valence-electron chi connectivity index (χ4n) is 2.38. The Morgan fingerprint density at radius 2 is 1.85 bits per heavy atom. The molecule has 2 aliphatic rings. The minimum atomic E-state index is -0.630. The van der Waals surface area contributed by atoms with Crippen LogP contribution in [-0.2, 0) is 23.8 Å². The second-order valence-corrected chi connectivity index (χ2v) is 5.45. The number of rotatable bonds is 6. The standard InChI is InChI=1S/C12H21NO7/c1-7(2)3-4-10(14)19-8-5-17-12-9(20-13(15)16)6-18-11(8)12/h7-9,11-12,15-16H,3-6H2,1-2H3/t8-,9-,11+,12+/m0/s1. The lowest BCUT2D eigenvalue weighted by molar-refractivity contribution is -0.507. The molecular weight excluding hydrogens is 270 g/mol. The van der Waals surface area contributed by atoms with Gasteiger partial charge in [-0.3, -0.25) is 15.2 Å². The lowest BCUT2D eigenvalue weighted by atomic mass is 10.1. The molecule has 2 heterocycles. The summed E-state index contributed by atoms with van der Waals surface area (Å²) in [6.07, 6.45) is -0.861. The fraction of sp³-hybridized carbons (Fsp3) is 0.917. The Hall–Kier alpha value is -0.770. The fourth-order valence-corrected chi connectivity index (χ4v) is 2.38. The van der Waals surface area contributed by atoms with E-state index in [2.05, 4.69) is 0 Å². The zero-order valence-electron chi connectivity index (χ0n) is 11.6. The maximum atomic E-state index is 11.7. The van der Waals surface area contributed by atoms with Gasteiger partial charge in [0, 0.05) is 6.42 Å². The van der Waals surface area contributed by atoms with Gasteiger partial charge in [-0.25, -0.2) is 4.84 Å². The normalized spacial score (nSPS) is 32.9. The minimum absolute atomic E-state index is 0.146. The molecule has 0 aliphatic carbocycles. The number of hydrogen-bond acceptors (Lipinski definition) is 8. The van der Waals surface area contributed by atoms with E-state index in [1.165, 1.54) is 0 Å². The zero-order chi connectivity index (χ0) is 14.7. The molecule has 20 heavy (non-hydrogen) atoms. The molecule has 0 bridgehead atoms. The Balaban J connectivity index is 1.80. The first-order chi connectivity index (χ1) is 9.47. The average Bonchev–Trinajstić information content (AvgIpc) is 2.91. The number of hydrogen-bond donors (Lipinski definition) is 2. The monoisotopic (exact) mass is 291 g/mol. The molecule has 0 aromatic heterocycles. The lowest BCUT2D eigenvalue weighted by Crippen LogP contribution is -2.37. The van der Waals surface area contributed by atoms with Crippen molar-refractivity contribution in [2.45, 2.75) is 51.1 Å². The van der Waals surface area contributed by atoms with Gasteiger partial charge in [-0.15, -0.1) is 0 Å². The van der Waals surface area contributed by atoms with Crippen LogP contribution in [0.1, 0.15) is 26.7 Å². The van der Waals surface area contributed by atoms with E-state index in [9.17, 15) is 4.79 Å². The summed E-state index contributed by atoms with van der Waals surface area (Å²) in [7, 11) is 0. The van der Waals surface area contributed by atoms with Crippen molar-refractivity contribution in [3.05, 3.63) is 0 Å². The molecule has 8 nitrogen and oxygen atoms in total. The number of carbonyl (C=O) groups excluding carboxylic acids is 1. The summed E-state index contributed by atoms with van der Waals surface area (Å²) >= 11 is 0. The second-order valence-electron chi connectivity index (χ2n) is 5.45. The van der Waals surface area contributed by atoms with Crippen LogP contribution in [-0.4, -0.2) is 59.4 Å². The van der Waals surface area contributed by atoms with Crippen molar-refractivity contribution in [3.63, 3.8) is 0 Å². The maximum absolute atomic E-state index is 11.7. The first-order valence-electron chi connectivity index (χ1n) is 6.74. The van der Waals surface area contributed by atoms with E-state index in [-0.39, 0.29) is 24.6 Å². The van der Waals surface area contributed by atoms with Crippen LogP contribution in [0.15, 0.2) is 0 Å². The number of nitrogens with zero attached hydrogens (tertiary/aromatic N) is 1. The van der Waals surface area contributed by atoms with Crippen molar-refractivity contribution in [1.29, 1.82) is 0 Å². The van der Waals surface area contributed by atoms with E-state index in [0.29, 0.717) is 12.3 Å². The Morgan fingerprint density at radius 3 is 2.45 bits per heavy atom. The Labute approximate surface area is 117 Å². The quantitative estimate of drug-likeness (QED) is 0.539. The van der Waals surface area contributed by atoms with E-state index in [4.69, 9.17) is 29.5 Å². The molecule has 116 valence electrons. The molecular formula is C12H21NO7. The summed E-state index contributed by atoms with van der Waals surface area (Å²) in [5, 5.41) is 16.9. The number of fused-ring (bicyclic) bond motifs is 1. The highest BCUT2D eigenvalue weighted by Crippen LogP contribution is 2.30. The van der Waals surface area contributed by atoms with Crippen LogP contribution in [0.5, 0.6) is 0 Å². The molecule has 4 atom stereocenters. The van der Waals surface area contributed by atoms with E-state index in [1.807, 2.05) is 13.8 Å². The van der Waals surface area contributed by atoms with Crippen LogP contribution in [0.3, 0.4) is 0 Å². The lowest BCUT2D eigenvalue weighted by Gasteiger charge is -2.17. The molecule has 0 aromatic carbocycles. The second kappa shape index (κ2) is 6.79. The van der Waals surface area contributed by atoms with Gasteiger partial charge in [-0.2, -0.15) is 0 Å². The molecule has 0 radical (unpaired) electrons. The maximum Gasteiger partial charge on any atom is 0.306 e. The molecule has 2 aliphatic heterocycles. The van der Waals surface area contributed by atoms with Crippen molar-refractivity contribution in [3.8, 4) is 0 Å². The minimum Gasteiger partial charge on any atom is -0.457 e. The van der Waals surface area contributed by atoms with Crippen LogP contribution in [0, 0.1) is 5.92 Å². The molecule has 0 unspecified atom stereocenters. The van der Waals surface area contributed by atoms with Crippen molar-refractivity contribution in [2.24, 2.45) is 5.92 Å². The first kappa shape index (κ1) is 15.6. The van der Waals surface area contributed by atoms with Crippen LogP contribution < -0.4 is 0 Å². The van der Waals surface area contributed by atoms with E-state index >= 15 is 0 Å². The van der Waals surface area contributed by atoms with Crippen molar-refractivity contribution in [2.75, 3.05) is 13.2 Å². The molecule has 2 fully saturated rings. The van der Waals surface area contributed by atoms with Gasteiger partial charge in [0.1, 0.15) is 18.3 Å². The molecule has 0 saturated carbocycles. The largest absolute Gasteiger partial charge is 0.457 e. The summed E-state index contributed by atoms with van der Waals surface area (Å²) in [6, 6.07) is 0. The van der Waals surface area contributed by atoms with E-state index in [1.54, 1.807) is 0 Å². The van der Waals surface area contributed by atoms with Crippen molar-refractivity contribution in [1.82, 2.24) is 5.39 Å². The third-order valence-electron chi connectivity index (χ3n) is 3.40. The highest BCUT2D eigenvalue weighted by molar-refractivity contribution is 5.69. The van der Waals surface area contributed by atoms with Crippen molar-refractivity contribution >= 4 is 5.97 Å². The predicted molar refractivity (Wildman–Crippen MR) is 63.7 cm³/mol. The highest BCUT2D eigenvalue weighted by atomic mass is 17.1. The smallest absolute Gasteiger partial charge is 0.306 e. The van der Waals surface area contributed by atoms with Gasteiger partial charge in [0.15, 0.2) is 6.10 Å². The number of esters is 1. The van der Waals surface area contributed by atoms with E-state index in [0.717, 1.165) is 6.42 Å². The molecule has 2 saturated heterocycles. The van der Waals surface area contributed by atoms with Crippen LogP contribution in [0.25, 0.3) is 0 Å². The Bertz CT molecular complexity index is 336. The third kappa shape index (κ3) is 3.87.